The molecule has 0 aromatic rings. The van der Waals surface area contributed by atoms with Gasteiger partial charge in [0.2, 0.25) is 0 Å². The Morgan fingerprint density at radius 1 is 0.895 bits per heavy atom. The molecule has 0 aromatic carbocycles. The van der Waals surface area contributed by atoms with Gasteiger partial charge in [0.1, 0.15) is 6.79 Å². The van der Waals surface area contributed by atoms with Gasteiger partial charge in [-0.3, -0.25) is 0 Å². The van der Waals surface area contributed by atoms with Crippen LogP contribution in [0.25, 0.3) is 0 Å². The molecule has 0 aliphatic carbocycles. The van der Waals surface area contributed by atoms with Gasteiger partial charge in [-0.2, -0.15) is 0 Å². The molecule has 0 rings (SSSR count). The fraction of sp³-hybridized carbons (Fsp3) is 1.00. The van der Waals surface area contributed by atoms with E-state index in [1.54, 1.807) is 0 Å². The van der Waals surface area contributed by atoms with Crippen LogP contribution in [0.4, 0.5) is 0 Å². The Labute approximate surface area is 118 Å². The maximum atomic E-state index is 8.49. The monoisotopic (exact) mass is 294 g/mol. The summed E-state index contributed by atoms with van der Waals surface area (Å²) in [6.07, 6.45) is 2.45. The summed E-state index contributed by atoms with van der Waals surface area (Å²) in [4.78, 5) is 0. The number of hydrogen-bond donors (Lipinski definition) is 1. The van der Waals surface area contributed by atoms with Crippen molar-refractivity contribution in [2.24, 2.45) is 0 Å². The first-order chi connectivity index (χ1) is 9.12. The zero-order valence-corrected chi connectivity index (χ0v) is 13.7. The molecule has 0 unspecified atom stereocenters. The van der Waals surface area contributed by atoms with Crippen molar-refractivity contribution in [1.29, 1.82) is 0 Å². The predicted octanol–water partition coefficient (Wildman–Crippen LogP) is 2.01. The maximum Gasteiger partial charge on any atom is 0.189 e. The van der Waals surface area contributed by atoms with Crippen molar-refractivity contribution >= 4 is 8.32 Å². The molecular formula is C13H30O5Si. The lowest BCUT2D eigenvalue weighted by Gasteiger charge is -2.22. The lowest BCUT2D eigenvalue weighted by atomic mass is 10.4. The third-order valence-corrected chi connectivity index (χ3v) is 5.10. The molecule has 0 saturated heterocycles. The number of unbranched alkanes of at least 4 members (excludes halogenated alkanes) is 1. The van der Waals surface area contributed by atoms with E-state index in [0.717, 1.165) is 0 Å². The standard InChI is InChI=1S/C13H30O5Si/c1-4-5-12-19(2,3)18-13-17-11-10-16-9-8-15-7-6-14/h14H,4-13H2,1-3H3. The molecule has 0 aromatic heterocycles. The third-order valence-electron chi connectivity index (χ3n) is 2.65. The van der Waals surface area contributed by atoms with Gasteiger partial charge in [0, 0.05) is 0 Å². The topological polar surface area (TPSA) is 57.2 Å². The van der Waals surface area contributed by atoms with Crippen molar-refractivity contribution in [1.82, 2.24) is 0 Å². The van der Waals surface area contributed by atoms with Crippen LogP contribution in [0.2, 0.25) is 19.1 Å². The summed E-state index contributed by atoms with van der Waals surface area (Å²) in [5, 5.41) is 8.49. The van der Waals surface area contributed by atoms with E-state index < -0.39 is 8.32 Å². The molecule has 0 fully saturated rings. The van der Waals surface area contributed by atoms with Crippen molar-refractivity contribution in [2.75, 3.05) is 46.4 Å². The van der Waals surface area contributed by atoms with Crippen LogP contribution in [-0.4, -0.2) is 59.9 Å². The highest BCUT2D eigenvalue weighted by Gasteiger charge is 2.21. The number of ether oxygens (including phenoxy) is 3. The SMILES string of the molecule is CCCC[Si](C)(C)OCOCCOCCOCCO. The van der Waals surface area contributed by atoms with Crippen LogP contribution >= 0.6 is 0 Å². The van der Waals surface area contributed by atoms with Crippen molar-refractivity contribution < 1.29 is 23.7 Å². The van der Waals surface area contributed by atoms with Crippen molar-refractivity contribution in [3.8, 4) is 0 Å². The van der Waals surface area contributed by atoms with E-state index in [-0.39, 0.29) is 6.61 Å². The highest BCUT2D eigenvalue weighted by molar-refractivity contribution is 6.71. The van der Waals surface area contributed by atoms with Gasteiger partial charge in [-0.1, -0.05) is 19.8 Å². The minimum absolute atomic E-state index is 0.0537. The predicted molar refractivity (Wildman–Crippen MR) is 77.8 cm³/mol. The number of aliphatic hydroxyl groups is 1. The molecule has 0 amide bonds. The Hall–Kier alpha value is 0.0169. The molecule has 0 radical (unpaired) electrons. The number of rotatable bonds is 14. The van der Waals surface area contributed by atoms with E-state index in [1.807, 2.05) is 0 Å². The average Bonchev–Trinajstić information content (AvgIpc) is 2.38. The second-order valence-corrected chi connectivity index (χ2v) is 9.29. The average molecular weight is 294 g/mol. The van der Waals surface area contributed by atoms with Crippen LogP contribution in [0.1, 0.15) is 19.8 Å². The fourth-order valence-electron chi connectivity index (χ4n) is 1.44. The van der Waals surface area contributed by atoms with E-state index in [2.05, 4.69) is 20.0 Å². The molecule has 5 nitrogen and oxygen atoms in total. The Balaban J connectivity index is 3.21. The van der Waals surface area contributed by atoms with Crippen molar-refractivity contribution in [3.63, 3.8) is 0 Å². The van der Waals surface area contributed by atoms with Gasteiger partial charge >= 0.3 is 0 Å². The van der Waals surface area contributed by atoms with Crippen LogP contribution in [0.15, 0.2) is 0 Å². The van der Waals surface area contributed by atoms with Crippen molar-refractivity contribution in [3.05, 3.63) is 0 Å². The first-order valence-electron chi connectivity index (χ1n) is 7.10. The molecule has 0 aliphatic rings. The lowest BCUT2D eigenvalue weighted by Crippen LogP contribution is -2.31. The number of aliphatic hydroxyl groups excluding tert-OH is 1. The molecular weight excluding hydrogens is 264 g/mol. The summed E-state index contributed by atoms with van der Waals surface area (Å²) in [5.41, 5.74) is 0. The Bertz CT molecular complexity index is 190. The highest BCUT2D eigenvalue weighted by atomic mass is 28.4. The Kier molecular flexibility index (Phi) is 13.0. The van der Waals surface area contributed by atoms with Crippen LogP contribution in [0.3, 0.4) is 0 Å². The van der Waals surface area contributed by atoms with Gasteiger partial charge in [-0.25, -0.2) is 0 Å². The summed E-state index contributed by atoms with van der Waals surface area (Å²) in [6, 6.07) is 1.19. The molecule has 0 aliphatic heterocycles. The van der Waals surface area contributed by atoms with Crippen LogP contribution < -0.4 is 0 Å². The Morgan fingerprint density at radius 2 is 1.47 bits per heavy atom. The highest BCUT2D eigenvalue weighted by Crippen LogP contribution is 2.14. The van der Waals surface area contributed by atoms with Crippen molar-refractivity contribution in [2.45, 2.75) is 38.9 Å². The lowest BCUT2D eigenvalue weighted by molar-refractivity contribution is -0.0315. The summed E-state index contributed by atoms with van der Waals surface area (Å²) >= 11 is 0. The van der Waals surface area contributed by atoms with E-state index in [4.69, 9.17) is 23.7 Å². The molecule has 0 bridgehead atoms. The zero-order chi connectivity index (χ0) is 14.4. The molecule has 0 saturated carbocycles. The largest absolute Gasteiger partial charge is 0.395 e. The molecule has 6 heteroatoms. The first-order valence-corrected chi connectivity index (χ1v) is 10.2. The van der Waals surface area contributed by atoms with E-state index in [1.165, 1.54) is 18.9 Å². The first kappa shape index (κ1) is 19.0. The molecule has 19 heavy (non-hydrogen) atoms. The van der Waals surface area contributed by atoms with Gasteiger partial charge in [-0.15, -0.1) is 0 Å². The quantitative estimate of drug-likeness (QED) is 0.302. The van der Waals surface area contributed by atoms with E-state index >= 15 is 0 Å². The van der Waals surface area contributed by atoms with E-state index in [9.17, 15) is 0 Å². The summed E-state index contributed by atoms with van der Waals surface area (Å²) in [6.45, 7) is 9.55. The summed E-state index contributed by atoms with van der Waals surface area (Å²) in [7, 11) is -1.52. The normalized spacial score (nSPS) is 12.0. The molecule has 0 heterocycles. The van der Waals surface area contributed by atoms with Gasteiger partial charge in [0.25, 0.3) is 0 Å². The second-order valence-electron chi connectivity index (χ2n) is 4.98. The minimum atomic E-state index is -1.52. The summed E-state index contributed by atoms with van der Waals surface area (Å²) in [5.74, 6) is 0. The van der Waals surface area contributed by atoms with E-state index in [0.29, 0.717) is 39.8 Å². The van der Waals surface area contributed by atoms with Gasteiger partial charge in [-0.05, 0) is 19.1 Å². The van der Waals surface area contributed by atoms with Gasteiger partial charge in [0.05, 0.1) is 39.6 Å². The molecule has 0 atom stereocenters. The number of hydrogen-bond acceptors (Lipinski definition) is 5. The maximum absolute atomic E-state index is 8.49. The summed E-state index contributed by atoms with van der Waals surface area (Å²) < 4.78 is 21.5. The molecule has 0 spiro atoms. The minimum Gasteiger partial charge on any atom is -0.395 e. The molecule has 116 valence electrons. The van der Waals surface area contributed by atoms with Crippen LogP contribution in [0.5, 0.6) is 0 Å². The third kappa shape index (κ3) is 14.2. The molecule has 1 N–H and O–H groups in total. The van der Waals surface area contributed by atoms with Gasteiger partial charge in [0.15, 0.2) is 8.32 Å². The smallest absolute Gasteiger partial charge is 0.189 e. The van der Waals surface area contributed by atoms with Crippen LogP contribution in [-0.2, 0) is 18.6 Å². The van der Waals surface area contributed by atoms with Gasteiger partial charge < -0.3 is 23.7 Å². The second kappa shape index (κ2) is 13.0. The fourth-order valence-corrected chi connectivity index (χ4v) is 3.19. The Morgan fingerprint density at radius 3 is 2.05 bits per heavy atom. The van der Waals surface area contributed by atoms with Crippen LogP contribution in [0, 0.1) is 0 Å². The zero-order valence-electron chi connectivity index (χ0n) is 12.7.